The van der Waals surface area contributed by atoms with Crippen LogP contribution in [-0.4, -0.2) is 66.5 Å². The zero-order chi connectivity index (χ0) is 28.5. The van der Waals surface area contributed by atoms with E-state index in [1.807, 2.05) is 50.2 Å². The lowest BCUT2D eigenvalue weighted by atomic mass is 9.93. The van der Waals surface area contributed by atoms with Crippen LogP contribution in [0.2, 0.25) is 0 Å². The van der Waals surface area contributed by atoms with Crippen LogP contribution in [0.5, 0.6) is 11.5 Å². The number of aryl methyl sites for hydroxylation is 2. The molecule has 2 aromatic carbocycles. The molecule has 1 aliphatic rings. The summed E-state index contributed by atoms with van der Waals surface area (Å²) in [6, 6.07) is 10.5. The summed E-state index contributed by atoms with van der Waals surface area (Å²) in [7, 11) is 1.58. The molecule has 39 heavy (non-hydrogen) atoms. The molecule has 1 amide bonds. The molecule has 2 aromatic rings. The van der Waals surface area contributed by atoms with Crippen molar-refractivity contribution in [3.05, 3.63) is 64.2 Å². The summed E-state index contributed by atoms with van der Waals surface area (Å²) in [6.07, 6.45) is 3.85. The quantitative estimate of drug-likeness (QED) is 0.137. The molecule has 1 unspecified atom stereocenters. The van der Waals surface area contributed by atoms with Crippen LogP contribution in [0.1, 0.15) is 74.8 Å². The minimum absolute atomic E-state index is 0.107. The molecule has 0 spiro atoms. The lowest BCUT2D eigenvalue weighted by Crippen LogP contribution is -2.33. The number of hydrogen-bond donors (Lipinski definition) is 1. The van der Waals surface area contributed by atoms with Gasteiger partial charge >= 0.3 is 0 Å². The highest BCUT2D eigenvalue weighted by molar-refractivity contribution is 6.46. The summed E-state index contributed by atoms with van der Waals surface area (Å²) in [5, 5.41) is 11.5. The molecule has 7 heteroatoms. The first-order chi connectivity index (χ1) is 18.8. The summed E-state index contributed by atoms with van der Waals surface area (Å²) < 4.78 is 11.6. The standard InChI is InChI=1S/C32H44N2O5/c1-7-10-11-19-39-26-16-15-24(21-27(26)38-6)29-28(30(35)25-20-22(4)13-14-23(25)5)31(36)32(37)34(29)18-12-17-33(8-2)9-3/h13-16,20-21,29,35H,7-12,17-19H2,1-6H3/b30-28+. The van der Waals surface area contributed by atoms with Crippen molar-refractivity contribution in [2.75, 3.05) is 39.9 Å². The first-order valence-electron chi connectivity index (χ1n) is 14.2. The van der Waals surface area contributed by atoms with Crippen LogP contribution in [-0.2, 0) is 9.59 Å². The van der Waals surface area contributed by atoms with Crippen LogP contribution in [0.25, 0.3) is 5.76 Å². The van der Waals surface area contributed by atoms with Gasteiger partial charge in [-0.15, -0.1) is 0 Å². The number of ketones is 1. The van der Waals surface area contributed by atoms with E-state index in [0.29, 0.717) is 42.2 Å². The number of rotatable bonds is 14. The van der Waals surface area contributed by atoms with Gasteiger partial charge in [-0.05, 0) is 75.6 Å². The molecule has 1 fully saturated rings. The molecule has 1 heterocycles. The number of ether oxygens (including phenoxy) is 2. The third-order valence-corrected chi connectivity index (χ3v) is 7.46. The highest BCUT2D eigenvalue weighted by Gasteiger charge is 2.46. The number of aliphatic hydroxyl groups excluding tert-OH is 1. The Morgan fingerprint density at radius 2 is 1.72 bits per heavy atom. The van der Waals surface area contributed by atoms with E-state index in [1.165, 1.54) is 0 Å². The maximum atomic E-state index is 13.5. The van der Waals surface area contributed by atoms with Gasteiger partial charge in [-0.3, -0.25) is 9.59 Å². The van der Waals surface area contributed by atoms with Crippen molar-refractivity contribution in [1.82, 2.24) is 9.80 Å². The van der Waals surface area contributed by atoms with Gasteiger partial charge in [0.1, 0.15) is 5.76 Å². The smallest absolute Gasteiger partial charge is 0.295 e. The maximum absolute atomic E-state index is 13.5. The van der Waals surface area contributed by atoms with Gasteiger partial charge in [0.25, 0.3) is 11.7 Å². The van der Waals surface area contributed by atoms with Gasteiger partial charge in [0.2, 0.25) is 0 Å². The number of hydrogen-bond acceptors (Lipinski definition) is 6. The minimum Gasteiger partial charge on any atom is -0.507 e. The zero-order valence-electron chi connectivity index (χ0n) is 24.4. The number of carbonyl (C=O) groups is 2. The molecule has 1 atom stereocenters. The zero-order valence-corrected chi connectivity index (χ0v) is 24.4. The van der Waals surface area contributed by atoms with Crippen LogP contribution in [0.3, 0.4) is 0 Å². The van der Waals surface area contributed by atoms with E-state index in [-0.39, 0.29) is 11.3 Å². The molecular weight excluding hydrogens is 492 g/mol. The van der Waals surface area contributed by atoms with E-state index in [1.54, 1.807) is 12.0 Å². The van der Waals surface area contributed by atoms with Crippen molar-refractivity contribution < 1.29 is 24.2 Å². The van der Waals surface area contributed by atoms with Gasteiger partial charge in [-0.25, -0.2) is 0 Å². The van der Waals surface area contributed by atoms with Crippen molar-refractivity contribution in [1.29, 1.82) is 0 Å². The summed E-state index contributed by atoms with van der Waals surface area (Å²) >= 11 is 0. The molecule has 7 nitrogen and oxygen atoms in total. The number of aliphatic hydroxyl groups is 1. The Labute approximate surface area is 233 Å². The van der Waals surface area contributed by atoms with E-state index < -0.39 is 17.7 Å². The predicted molar refractivity (Wildman–Crippen MR) is 155 cm³/mol. The Bertz CT molecular complexity index is 1190. The predicted octanol–water partition coefficient (Wildman–Crippen LogP) is 6.03. The molecule has 0 saturated carbocycles. The Kier molecular flexibility index (Phi) is 11.0. The van der Waals surface area contributed by atoms with E-state index in [4.69, 9.17) is 9.47 Å². The average Bonchev–Trinajstić information content (AvgIpc) is 3.19. The number of amides is 1. The molecule has 212 valence electrons. The minimum atomic E-state index is -0.732. The third kappa shape index (κ3) is 7.01. The van der Waals surface area contributed by atoms with E-state index in [9.17, 15) is 14.7 Å². The molecule has 0 aliphatic carbocycles. The summed E-state index contributed by atoms with van der Waals surface area (Å²) in [4.78, 5) is 30.7. The third-order valence-electron chi connectivity index (χ3n) is 7.46. The summed E-state index contributed by atoms with van der Waals surface area (Å²) in [5.74, 6) is -0.259. The Hall–Kier alpha value is -3.32. The van der Waals surface area contributed by atoms with Crippen LogP contribution >= 0.6 is 0 Å². The second kappa shape index (κ2) is 14.2. The average molecular weight is 537 g/mol. The molecule has 0 radical (unpaired) electrons. The lowest BCUT2D eigenvalue weighted by molar-refractivity contribution is -0.140. The summed E-state index contributed by atoms with van der Waals surface area (Å²) in [5.41, 5.74) is 3.15. The van der Waals surface area contributed by atoms with Crippen molar-refractivity contribution in [2.45, 2.75) is 66.3 Å². The highest BCUT2D eigenvalue weighted by Crippen LogP contribution is 2.42. The van der Waals surface area contributed by atoms with Crippen molar-refractivity contribution in [3.63, 3.8) is 0 Å². The number of benzene rings is 2. The van der Waals surface area contributed by atoms with Gasteiger partial charge in [0.05, 0.1) is 25.3 Å². The molecule has 3 rings (SSSR count). The number of Topliss-reactive ketones (excluding diaryl/α,β-unsaturated/α-hetero) is 1. The Balaban J connectivity index is 2.07. The first-order valence-corrected chi connectivity index (χ1v) is 14.2. The largest absolute Gasteiger partial charge is 0.507 e. The monoisotopic (exact) mass is 536 g/mol. The van der Waals surface area contributed by atoms with Crippen LogP contribution < -0.4 is 9.47 Å². The van der Waals surface area contributed by atoms with Gasteiger partial charge in [-0.1, -0.05) is 57.4 Å². The topological polar surface area (TPSA) is 79.3 Å². The molecular formula is C32H44N2O5. The maximum Gasteiger partial charge on any atom is 0.295 e. The molecule has 1 aliphatic heterocycles. The van der Waals surface area contributed by atoms with Gasteiger partial charge in [0.15, 0.2) is 11.5 Å². The van der Waals surface area contributed by atoms with Crippen molar-refractivity contribution in [3.8, 4) is 11.5 Å². The van der Waals surface area contributed by atoms with Crippen LogP contribution in [0.4, 0.5) is 0 Å². The van der Waals surface area contributed by atoms with Gasteiger partial charge < -0.3 is 24.4 Å². The second-order valence-corrected chi connectivity index (χ2v) is 10.2. The second-order valence-electron chi connectivity index (χ2n) is 10.2. The fourth-order valence-corrected chi connectivity index (χ4v) is 5.11. The van der Waals surface area contributed by atoms with E-state index in [2.05, 4.69) is 25.7 Å². The Morgan fingerprint density at radius 1 is 0.974 bits per heavy atom. The number of likely N-dealkylation sites (tertiary alicyclic amines) is 1. The van der Waals surface area contributed by atoms with E-state index in [0.717, 1.165) is 50.0 Å². The number of unbranched alkanes of at least 4 members (excludes halogenated alkanes) is 2. The van der Waals surface area contributed by atoms with Gasteiger partial charge in [-0.2, -0.15) is 0 Å². The fourth-order valence-electron chi connectivity index (χ4n) is 5.11. The van der Waals surface area contributed by atoms with Crippen molar-refractivity contribution in [2.24, 2.45) is 0 Å². The summed E-state index contributed by atoms with van der Waals surface area (Å²) in [6.45, 7) is 13.8. The fraction of sp³-hybridized carbons (Fsp3) is 0.500. The molecule has 1 N–H and O–H groups in total. The Morgan fingerprint density at radius 3 is 2.38 bits per heavy atom. The van der Waals surface area contributed by atoms with Gasteiger partial charge in [0, 0.05) is 12.1 Å². The highest BCUT2D eigenvalue weighted by atomic mass is 16.5. The SMILES string of the molecule is CCCCCOc1ccc(C2/C(=C(\O)c3cc(C)ccc3C)C(=O)C(=O)N2CCCN(CC)CC)cc1OC. The lowest BCUT2D eigenvalue weighted by Gasteiger charge is -2.27. The number of methoxy groups -OCH3 is 1. The van der Waals surface area contributed by atoms with E-state index >= 15 is 0 Å². The molecule has 1 saturated heterocycles. The molecule has 0 bridgehead atoms. The number of nitrogens with zero attached hydrogens (tertiary/aromatic N) is 2. The molecule has 0 aromatic heterocycles. The normalized spacial score (nSPS) is 16.8. The number of carbonyl (C=O) groups excluding carboxylic acids is 2. The first kappa shape index (κ1) is 30.2. The van der Waals surface area contributed by atoms with Crippen LogP contribution in [0, 0.1) is 13.8 Å². The van der Waals surface area contributed by atoms with Crippen molar-refractivity contribution >= 4 is 17.4 Å². The van der Waals surface area contributed by atoms with Crippen LogP contribution in [0.15, 0.2) is 42.0 Å².